The average Bonchev–Trinajstić information content (AvgIpc) is 2.86. The number of aliphatic hydroxyl groups excluding tert-OH is 2. The number of likely N-dealkylation sites (N-methyl/N-ethyl adjacent to an activating group) is 1. The second-order valence-corrected chi connectivity index (χ2v) is 4.20. The minimum Gasteiger partial charge on any atom is -0.464 e. The number of halogens is 1. The monoisotopic (exact) mass is 253 g/mol. The Morgan fingerprint density at radius 2 is 2.11 bits per heavy atom. The predicted molar refractivity (Wildman–Crippen MR) is 66.0 cm³/mol. The lowest BCUT2D eigenvalue weighted by Crippen LogP contribution is -2.43. The van der Waals surface area contributed by atoms with Crippen molar-refractivity contribution >= 4 is 11.0 Å². The van der Waals surface area contributed by atoms with Crippen molar-refractivity contribution in [3.05, 3.63) is 36.1 Å². The molecule has 0 saturated heterocycles. The standard InChI is InChI=1S/C13H16FNO3/c1-15-12(10(16)7-14)13(17)9-3-2-8-4-5-18-11(8)6-9/h2-6,10,12-13,15-17H,7H2,1H3. The molecule has 1 heterocycles. The van der Waals surface area contributed by atoms with Gasteiger partial charge in [-0.25, -0.2) is 4.39 Å². The first-order chi connectivity index (χ1) is 8.67. The van der Waals surface area contributed by atoms with Crippen LogP contribution in [-0.2, 0) is 0 Å². The second kappa shape index (κ2) is 5.48. The van der Waals surface area contributed by atoms with Crippen molar-refractivity contribution in [1.29, 1.82) is 0 Å². The van der Waals surface area contributed by atoms with E-state index in [9.17, 15) is 14.6 Å². The van der Waals surface area contributed by atoms with E-state index in [1.54, 1.807) is 25.4 Å². The number of furan rings is 1. The molecule has 0 radical (unpaired) electrons. The minimum atomic E-state index is -1.25. The summed E-state index contributed by atoms with van der Waals surface area (Å²) in [6.45, 7) is -0.911. The van der Waals surface area contributed by atoms with Gasteiger partial charge in [0, 0.05) is 5.39 Å². The van der Waals surface area contributed by atoms with Crippen molar-refractivity contribution in [3.8, 4) is 0 Å². The van der Waals surface area contributed by atoms with Crippen molar-refractivity contribution in [2.24, 2.45) is 0 Å². The number of rotatable bonds is 5. The average molecular weight is 253 g/mol. The topological polar surface area (TPSA) is 65.6 Å². The molecule has 3 N–H and O–H groups in total. The molecule has 5 heteroatoms. The first kappa shape index (κ1) is 13.0. The molecule has 0 aliphatic heterocycles. The summed E-state index contributed by atoms with van der Waals surface area (Å²) in [6, 6.07) is 6.29. The third-order valence-electron chi connectivity index (χ3n) is 3.07. The summed E-state index contributed by atoms with van der Waals surface area (Å²) in [7, 11) is 1.57. The van der Waals surface area contributed by atoms with Gasteiger partial charge in [-0.05, 0) is 24.7 Å². The molecule has 0 aliphatic rings. The molecule has 1 aromatic heterocycles. The lowest BCUT2D eigenvalue weighted by atomic mass is 9.98. The van der Waals surface area contributed by atoms with Crippen molar-refractivity contribution in [2.75, 3.05) is 13.7 Å². The van der Waals surface area contributed by atoms with Gasteiger partial charge in [-0.15, -0.1) is 0 Å². The van der Waals surface area contributed by atoms with Gasteiger partial charge in [-0.2, -0.15) is 0 Å². The summed E-state index contributed by atoms with van der Waals surface area (Å²) in [5.74, 6) is 0. The molecule has 0 amide bonds. The van der Waals surface area contributed by atoms with Gasteiger partial charge in [0.2, 0.25) is 0 Å². The number of hydrogen-bond donors (Lipinski definition) is 3. The first-order valence-electron chi connectivity index (χ1n) is 5.74. The lowest BCUT2D eigenvalue weighted by molar-refractivity contribution is 0.0274. The van der Waals surface area contributed by atoms with Crippen LogP contribution in [0.2, 0.25) is 0 Å². The molecule has 4 nitrogen and oxygen atoms in total. The Morgan fingerprint density at radius 1 is 1.33 bits per heavy atom. The van der Waals surface area contributed by atoms with Crippen LogP contribution in [0.15, 0.2) is 34.9 Å². The normalized spacial score (nSPS) is 16.7. The van der Waals surface area contributed by atoms with E-state index in [2.05, 4.69) is 5.32 Å². The van der Waals surface area contributed by atoms with Crippen molar-refractivity contribution in [1.82, 2.24) is 5.32 Å². The Labute approximate surface area is 104 Å². The first-order valence-corrected chi connectivity index (χ1v) is 5.74. The van der Waals surface area contributed by atoms with Crippen molar-refractivity contribution in [3.63, 3.8) is 0 Å². The maximum absolute atomic E-state index is 12.5. The number of hydrogen-bond acceptors (Lipinski definition) is 4. The highest BCUT2D eigenvalue weighted by molar-refractivity contribution is 5.77. The SMILES string of the molecule is CNC(C(O)CF)C(O)c1ccc2ccoc2c1. The third kappa shape index (κ3) is 2.38. The fourth-order valence-corrected chi connectivity index (χ4v) is 2.02. The summed E-state index contributed by atoms with van der Waals surface area (Å²) in [4.78, 5) is 0. The largest absolute Gasteiger partial charge is 0.464 e. The number of benzene rings is 1. The van der Waals surface area contributed by atoms with Gasteiger partial charge in [-0.1, -0.05) is 12.1 Å². The minimum absolute atomic E-state index is 0.573. The zero-order chi connectivity index (χ0) is 13.1. The molecule has 3 unspecified atom stereocenters. The summed E-state index contributed by atoms with van der Waals surface area (Å²) in [6.07, 6.45) is -0.695. The van der Waals surface area contributed by atoms with E-state index >= 15 is 0 Å². The van der Waals surface area contributed by atoms with Crippen LogP contribution in [-0.4, -0.2) is 36.1 Å². The molecule has 3 atom stereocenters. The Balaban J connectivity index is 2.28. The van der Waals surface area contributed by atoms with Crippen LogP contribution in [0.4, 0.5) is 4.39 Å². The summed E-state index contributed by atoms with van der Waals surface area (Å²) >= 11 is 0. The van der Waals surface area contributed by atoms with Gasteiger partial charge >= 0.3 is 0 Å². The van der Waals surface area contributed by atoms with Crippen molar-refractivity contribution < 1.29 is 19.0 Å². The molecule has 0 saturated carbocycles. The fraction of sp³-hybridized carbons (Fsp3) is 0.385. The van der Waals surface area contributed by atoms with E-state index in [1.165, 1.54) is 0 Å². The van der Waals surface area contributed by atoms with Crippen LogP contribution < -0.4 is 5.32 Å². The molecule has 2 aromatic rings. The van der Waals surface area contributed by atoms with Crippen LogP contribution in [0, 0.1) is 0 Å². The van der Waals surface area contributed by atoms with Gasteiger partial charge in [-0.3, -0.25) is 0 Å². The van der Waals surface area contributed by atoms with Crippen LogP contribution in [0.3, 0.4) is 0 Å². The summed E-state index contributed by atoms with van der Waals surface area (Å²) < 4.78 is 17.7. The molecular formula is C13H16FNO3. The van der Waals surface area contributed by atoms with Gasteiger partial charge in [0.1, 0.15) is 18.4 Å². The zero-order valence-corrected chi connectivity index (χ0v) is 10.0. The highest BCUT2D eigenvalue weighted by atomic mass is 19.1. The highest BCUT2D eigenvalue weighted by Gasteiger charge is 2.26. The van der Waals surface area contributed by atoms with Gasteiger partial charge in [0.05, 0.1) is 18.4 Å². The van der Waals surface area contributed by atoms with Crippen LogP contribution in [0.5, 0.6) is 0 Å². The maximum atomic E-state index is 12.5. The van der Waals surface area contributed by atoms with Crippen molar-refractivity contribution in [2.45, 2.75) is 18.2 Å². The van der Waals surface area contributed by atoms with E-state index in [0.717, 1.165) is 5.39 Å². The Hall–Kier alpha value is -1.43. The van der Waals surface area contributed by atoms with Gasteiger partial charge in [0.15, 0.2) is 0 Å². The highest BCUT2D eigenvalue weighted by Crippen LogP contribution is 2.24. The molecule has 0 fully saturated rings. The fourth-order valence-electron chi connectivity index (χ4n) is 2.02. The molecule has 0 bridgehead atoms. The van der Waals surface area contributed by atoms with Gasteiger partial charge in [0.25, 0.3) is 0 Å². The maximum Gasteiger partial charge on any atom is 0.134 e. The Morgan fingerprint density at radius 3 is 2.78 bits per heavy atom. The Bertz CT molecular complexity index is 514. The van der Waals surface area contributed by atoms with E-state index in [4.69, 9.17) is 4.42 Å². The van der Waals surface area contributed by atoms with E-state index < -0.39 is 24.9 Å². The lowest BCUT2D eigenvalue weighted by Gasteiger charge is -2.25. The molecule has 0 spiro atoms. The second-order valence-electron chi connectivity index (χ2n) is 4.20. The summed E-state index contributed by atoms with van der Waals surface area (Å²) in [5, 5.41) is 23.3. The predicted octanol–water partition coefficient (Wildman–Crippen LogP) is 1.38. The quantitative estimate of drug-likeness (QED) is 0.753. The van der Waals surface area contributed by atoms with Gasteiger partial charge < -0.3 is 19.9 Å². The molecule has 0 aliphatic carbocycles. The Kier molecular flexibility index (Phi) is 3.96. The number of alkyl halides is 1. The molecule has 2 rings (SSSR count). The van der Waals surface area contributed by atoms with Crippen LogP contribution in [0.1, 0.15) is 11.7 Å². The molecule has 1 aromatic carbocycles. The zero-order valence-electron chi connectivity index (χ0n) is 10.0. The molecular weight excluding hydrogens is 237 g/mol. The smallest absolute Gasteiger partial charge is 0.134 e. The van der Waals surface area contributed by atoms with E-state index in [-0.39, 0.29) is 0 Å². The molecule has 98 valence electrons. The number of aliphatic hydroxyl groups is 2. The molecule has 18 heavy (non-hydrogen) atoms. The number of fused-ring (bicyclic) bond motifs is 1. The van der Waals surface area contributed by atoms with Crippen LogP contribution >= 0.6 is 0 Å². The number of nitrogens with one attached hydrogen (secondary N) is 1. The third-order valence-corrected chi connectivity index (χ3v) is 3.07. The van der Waals surface area contributed by atoms with E-state index in [0.29, 0.717) is 11.1 Å². The van der Waals surface area contributed by atoms with Crippen LogP contribution in [0.25, 0.3) is 11.0 Å². The van der Waals surface area contributed by atoms with E-state index in [1.807, 2.05) is 12.1 Å². The summed E-state index contributed by atoms with van der Waals surface area (Å²) in [5.41, 5.74) is 1.22.